The molecule has 0 saturated carbocycles. The van der Waals surface area contributed by atoms with E-state index in [0.717, 1.165) is 0 Å². The van der Waals surface area contributed by atoms with E-state index in [4.69, 9.17) is 9.47 Å². The van der Waals surface area contributed by atoms with Gasteiger partial charge in [0.15, 0.2) is 5.78 Å². The van der Waals surface area contributed by atoms with Gasteiger partial charge in [0, 0.05) is 11.6 Å². The van der Waals surface area contributed by atoms with Crippen LogP contribution in [-0.4, -0.2) is 29.1 Å². The van der Waals surface area contributed by atoms with E-state index in [1.165, 1.54) is 25.3 Å². The molecule has 0 aliphatic rings. The number of carbonyl (C=O) groups is 2. The molecule has 4 aromatic carbocycles. The van der Waals surface area contributed by atoms with Gasteiger partial charge in [-0.2, -0.15) is 0 Å². The second kappa shape index (κ2) is 11.2. The molecule has 0 unspecified atom stereocenters. The minimum Gasteiger partial charge on any atom is -0.507 e. The number of para-hydroxylation sites is 2. The molecule has 0 aliphatic heterocycles. The molecule has 4 rings (SSSR count). The number of hydrogen-bond acceptors (Lipinski definition) is 6. The molecule has 0 saturated heterocycles. The van der Waals surface area contributed by atoms with Crippen molar-refractivity contribution in [2.45, 2.75) is 0 Å². The van der Waals surface area contributed by atoms with Crippen molar-refractivity contribution in [1.29, 1.82) is 0 Å². The first kappa shape index (κ1) is 23.1. The summed E-state index contributed by atoms with van der Waals surface area (Å²) in [6, 6.07) is 28.5. The van der Waals surface area contributed by atoms with Crippen molar-refractivity contribution in [1.82, 2.24) is 0 Å². The lowest BCUT2D eigenvalue weighted by Crippen LogP contribution is -2.08. The summed E-state index contributed by atoms with van der Waals surface area (Å²) in [6.45, 7) is 0. The highest BCUT2D eigenvalue weighted by Gasteiger charge is 2.14. The van der Waals surface area contributed by atoms with Crippen molar-refractivity contribution in [2.24, 2.45) is 0 Å². The van der Waals surface area contributed by atoms with Crippen LogP contribution in [0.1, 0.15) is 26.3 Å². The lowest BCUT2D eigenvalue weighted by Gasteiger charge is -2.06. The number of benzene rings is 4. The molecule has 0 aromatic heterocycles. The van der Waals surface area contributed by atoms with Crippen molar-refractivity contribution < 1.29 is 29.3 Å². The lowest BCUT2D eigenvalue weighted by molar-refractivity contribution is 0.0731. The number of rotatable bonds is 5. The van der Waals surface area contributed by atoms with Crippen LogP contribution in [0.2, 0.25) is 0 Å². The third-order valence-electron chi connectivity index (χ3n) is 4.56. The predicted molar refractivity (Wildman–Crippen MR) is 124 cm³/mol. The molecule has 0 aliphatic carbocycles. The fourth-order valence-corrected chi connectivity index (χ4v) is 2.87. The highest BCUT2D eigenvalue weighted by Crippen LogP contribution is 2.25. The SMILES string of the molecule is COc1ccc(C(=O)c2ccccc2)c(O)c1.O=C(Oc1ccccc1)c1ccccc1O. The minimum atomic E-state index is -0.565. The molecular formula is C27H22O6. The van der Waals surface area contributed by atoms with Crippen LogP contribution >= 0.6 is 0 Å². The second-order valence-electron chi connectivity index (χ2n) is 6.80. The Labute approximate surface area is 191 Å². The van der Waals surface area contributed by atoms with Gasteiger partial charge >= 0.3 is 5.97 Å². The smallest absolute Gasteiger partial charge is 0.347 e. The molecule has 6 nitrogen and oxygen atoms in total. The molecule has 33 heavy (non-hydrogen) atoms. The normalized spacial score (nSPS) is 9.85. The standard InChI is InChI=1S/C14H12O3.C13H10O3/c1-17-11-7-8-12(13(15)9-11)14(16)10-5-3-2-4-6-10;14-12-9-5-4-8-11(12)13(15)16-10-6-2-1-3-7-10/h2-9,15H,1H3;1-9,14H. The average molecular weight is 442 g/mol. The molecule has 6 heteroatoms. The van der Waals surface area contributed by atoms with E-state index in [2.05, 4.69) is 0 Å². The van der Waals surface area contributed by atoms with Crippen LogP contribution in [0.4, 0.5) is 0 Å². The van der Waals surface area contributed by atoms with Crippen LogP contribution < -0.4 is 9.47 Å². The van der Waals surface area contributed by atoms with Crippen LogP contribution in [0.5, 0.6) is 23.0 Å². The maximum absolute atomic E-state index is 12.1. The Bertz CT molecular complexity index is 1220. The van der Waals surface area contributed by atoms with Gasteiger partial charge in [0.25, 0.3) is 0 Å². The topological polar surface area (TPSA) is 93.1 Å². The Morgan fingerprint density at radius 3 is 1.85 bits per heavy atom. The van der Waals surface area contributed by atoms with Gasteiger partial charge in [0.1, 0.15) is 28.6 Å². The molecular weight excluding hydrogens is 420 g/mol. The Kier molecular flexibility index (Phi) is 7.81. The number of ketones is 1. The summed E-state index contributed by atoms with van der Waals surface area (Å²) in [5, 5.41) is 19.2. The van der Waals surface area contributed by atoms with Crippen molar-refractivity contribution in [3.8, 4) is 23.0 Å². The van der Waals surface area contributed by atoms with Crippen molar-refractivity contribution in [3.05, 3.63) is 120 Å². The molecule has 166 valence electrons. The van der Waals surface area contributed by atoms with Gasteiger partial charge in [-0.15, -0.1) is 0 Å². The number of methoxy groups -OCH3 is 1. The van der Waals surface area contributed by atoms with Crippen LogP contribution in [0.15, 0.2) is 103 Å². The number of carbonyl (C=O) groups excluding carboxylic acids is 2. The summed E-state index contributed by atoms with van der Waals surface area (Å²) in [5.41, 5.74) is 0.983. The van der Waals surface area contributed by atoms with Crippen molar-refractivity contribution in [3.63, 3.8) is 0 Å². The van der Waals surface area contributed by atoms with E-state index in [9.17, 15) is 19.8 Å². The van der Waals surface area contributed by atoms with Gasteiger partial charge in [-0.25, -0.2) is 4.79 Å². The summed E-state index contributed by atoms with van der Waals surface area (Å²) in [6.07, 6.45) is 0. The van der Waals surface area contributed by atoms with Gasteiger partial charge in [-0.1, -0.05) is 60.7 Å². The number of phenolic OH excluding ortho intramolecular Hbond substituents is 2. The Balaban J connectivity index is 0.000000186. The monoisotopic (exact) mass is 442 g/mol. The zero-order valence-electron chi connectivity index (χ0n) is 17.8. The fraction of sp³-hybridized carbons (Fsp3) is 0.0370. The maximum Gasteiger partial charge on any atom is 0.347 e. The number of hydrogen-bond donors (Lipinski definition) is 2. The first-order chi connectivity index (χ1) is 16.0. The van der Waals surface area contributed by atoms with E-state index < -0.39 is 5.97 Å². The van der Waals surface area contributed by atoms with E-state index >= 15 is 0 Å². The molecule has 0 heterocycles. The van der Waals surface area contributed by atoms with E-state index in [1.807, 2.05) is 12.1 Å². The second-order valence-corrected chi connectivity index (χ2v) is 6.80. The summed E-state index contributed by atoms with van der Waals surface area (Å²) in [5.74, 6) is 0.0551. The molecule has 0 radical (unpaired) electrons. The third kappa shape index (κ3) is 6.21. The first-order valence-corrected chi connectivity index (χ1v) is 10.0. The largest absolute Gasteiger partial charge is 0.507 e. The average Bonchev–Trinajstić information content (AvgIpc) is 2.85. The summed E-state index contributed by atoms with van der Waals surface area (Å²) in [4.78, 5) is 23.7. The van der Waals surface area contributed by atoms with Crippen molar-refractivity contribution in [2.75, 3.05) is 7.11 Å². The van der Waals surface area contributed by atoms with E-state index in [0.29, 0.717) is 17.1 Å². The lowest BCUT2D eigenvalue weighted by atomic mass is 10.0. The van der Waals surface area contributed by atoms with Gasteiger partial charge in [-0.05, 0) is 36.4 Å². The van der Waals surface area contributed by atoms with E-state index in [-0.39, 0.29) is 28.4 Å². The summed E-state index contributed by atoms with van der Waals surface area (Å²) in [7, 11) is 1.51. The van der Waals surface area contributed by atoms with Gasteiger partial charge in [0.05, 0.1) is 12.7 Å². The number of aromatic hydroxyl groups is 2. The summed E-state index contributed by atoms with van der Waals surface area (Å²) < 4.78 is 10.0. The first-order valence-electron chi connectivity index (χ1n) is 10.0. The third-order valence-corrected chi connectivity index (χ3v) is 4.56. The zero-order chi connectivity index (χ0) is 23.6. The quantitative estimate of drug-likeness (QED) is 0.249. The van der Waals surface area contributed by atoms with E-state index in [1.54, 1.807) is 72.8 Å². The van der Waals surface area contributed by atoms with Crippen LogP contribution in [0.25, 0.3) is 0 Å². The molecule has 0 atom stereocenters. The highest BCUT2D eigenvalue weighted by atomic mass is 16.5. The Morgan fingerprint density at radius 1 is 0.636 bits per heavy atom. The number of ether oxygens (including phenoxy) is 2. The molecule has 0 bridgehead atoms. The summed E-state index contributed by atoms with van der Waals surface area (Å²) >= 11 is 0. The number of esters is 1. The minimum absolute atomic E-state index is 0.0711. The van der Waals surface area contributed by atoms with Crippen LogP contribution in [0, 0.1) is 0 Å². The van der Waals surface area contributed by atoms with Crippen LogP contribution in [-0.2, 0) is 0 Å². The Hall–Kier alpha value is -4.58. The molecule has 4 aromatic rings. The Morgan fingerprint density at radius 2 is 1.24 bits per heavy atom. The van der Waals surface area contributed by atoms with Gasteiger partial charge in [-0.3, -0.25) is 4.79 Å². The van der Waals surface area contributed by atoms with Gasteiger partial charge in [0.2, 0.25) is 0 Å². The van der Waals surface area contributed by atoms with Gasteiger partial charge < -0.3 is 19.7 Å². The van der Waals surface area contributed by atoms with Crippen LogP contribution in [0.3, 0.4) is 0 Å². The number of phenols is 2. The maximum atomic E-state index is 12.1. The van der Waals surface area contributed by atoms with Crippen molar-refractivity contribution >= 4 is 11.8 Å². The molecule has 0 fully saturated rings. The fourth-order valence-electron chi connectivity index (χ4n) is 2.87. The molecule has 0 spiro atoms. The molecule has 0 amide bonds. The molecule has 2 N–H and O–H groups in total. The highest BCUT2D eigenvalue weighted by molar-refractivity contribution is 6.10. The zero-order valence-corrected chi connectivity index (χ0v) is 17.8. The predicted octanol–water partition coefficient (Wildman–Crippen LogP) is 5.24.